The number of hydrogen-bond donors (Lipinski definition) is 0. The summed E-state index contributed by atoms with van der Waals surface area (Å²) in [7, 11) is 3.24. The smallest absolute Gasteiger partial charge is 0.188 e. The van der Waals surface area contributed by atoms with Gasteiger partial charge in [-0.1, -0.05) is 68.8 Å². The molecule has 8 heteroatoms. The highest BCUT2D eigenvalue weighted by Gasteiger charge is 2.42. The number of unbranched alkanes of at least 4 members (excludes halogenated alkanes) is 6. The zero-order valence-electron chi connectivity index (χ0n) is 22.5. The van der Waals surface area contributed by atoms with Gasteiger partial charge < -0.3 is 23.7 Å². The fourth-order valence-corrected chi connectivity index (χ4v) is 5.09. The quantitative estimate of drug-likeness (QED) is 0.0719. The predicted molar refractivity (Wildman–Crippen MR) is 144 cm³/mol. The van der Waals surface area contributed by atoms with E-state index in [-0.39, 0.29) is 19.0 Å². The number of benzene rings is 2. The maximum atomic E-state index is 8.36. The van der Waals surface area contributed by atoms with E-state index in [1.165, 1.54) is 36.8 Å². The summed E-state index contributed by atoms with van der Waals surface area (Å²) in [5.41, 5.74) is 10.7. The second-order valence-corrected chi connectivity index (χ2v) is 9.80. The van der Waals surface area contributed by atoms with E-state index < -0.39 is 0 Å². The summed E-state index contributed by atoms with van der Waals surface area (Å²) >= 11 is 0. The highest BCUT2D eigenvalue weighted by atomic mass is 16.7. The number of nitrogens with zero attached hydrogens (tertiary/aromatic N) is 3. The molecular formula is C29H41N3O5. The first kappa shape index (κ1) is 28.6. The molecule has 1 heterocycles. The van der Waals surface area contributed by atoms with Gasteiger partial charge in [0.1, 0.15) is 17.2 Å². The van der Waals surface area contributed by atoms with Gasteiger partial charge in [0.25, 0.3) is 0 Å². The molecule has 2 aromatic rings. The van der Waals surface area contributed by atoms with E-state index in [1.807, 2.05) is 24.3 Å². The molecule has 1 aliphatic rings. The molecule has 0 aromatic heterocycles. The topological polar surface area (TPSA) is 94.9 Å². The van der Waals surface area contributed by atoms with Crippen molar-refractivity contribution in [2.75, 3.05) is 41.0 Å². The van der Waals surface area contributed by atoms with Gasteiger partial charge in [0.15, 0.2) is 13.6 Å². The van der Waals surface area contributed by atoms with Gasteiger partial charge in [0.2, 0.25) is 0 Å². The third-order valence-electron chi connectivity index (χ3n) is 7.17. The minimum atomic E-state index is -0.164. The van der Waals surface area contributed by atoms with Crippen LogP contribution in [0.15, 0.2) is 47.6 Å². The lowest BCUT2D eigenvalue weighted by Gasteiger charge is -2.43. The number of methoxy groups -OCH3 is 2. The van der Waals surface area contributed by atoms with E-state index in [2.05, 4.69) is 35.1 Å². The van der Waals surface area contributed by atoms with Gasteiger partial charge >= 0.3 is 0 Å². The van der Waals surface area contributed by atoms with Crippen LogP contribution in [0.2, 0.25) is 0 Å². The summed E-state index contributed by atoms with van der Waals surface area (Å²) in [6, 6.07) is 14.5. The molecule has 2 unspecified atom stereocenters. The summed E-state index contributed by atoms with van der Waals surface area (Å²) in [5.74, 6) is 2.77. The lowest BCUT2D eigenvalue weighted by Crippen LogP contribution is -2.40. The van der Waals surface area contributed by atoms with Crippen molar-refractivity contribution in [3.05, 3.63) is 64.0 Å². The molecule has 0 saturated carbocycles. The van der Waals surface area contributed by atoms with Crippen LogP contribution >= 0.6 is 0 Å². The van der Waals surface area contributed by atoms with Crippen molar-refractivity contribution in [1.29, 1.82) is 0 Å². The molecule has 0 amide bonds. The minimum absolute atomic E-state index is 0.164. The average Bonchev–Trinajstić information content (AvgIpc) is 2.93. The second kappa shape index (κ2) is 15.4. The molecule has 8 nitrogen and oxygen atoms in total. The maximum Gasteiger partial charge on any atom is 0.188 e. The first-order valence-corrected chi connectivity index (χ1v) is 13.2. The Bertz CT molecular complexity index is 994. The van der Waals surface area contributed by atoms with E-state index in [1.54, 1.807) is 14.2 Å². The second-order valence-electron chi connectivity index (χ2n) is 9.80. The Kier molecular flexibility index (Phi) is 11.9. The molecular weight excluding hydrogens is 470 g/mol. The van der Waals surface area contributed by atoms with Crippen molar-refractivity contribution in [2.24, 2.45) is 5.11 Å². The van der Waals surface area contributed by atoms with Crippen LogP contribution in [0.1, 0.15) is 75.3 Å². The standard InChI is InChI=1S/C29H41N3O5/c1-29(23-12-14-24(15-13-23)36-21-33-2)20-35-28-19-25(37-22-34-3)16-17-26(28)27(29)11-9-7-5-4-6-8-10-18-31-32-30/h12-17,19,27H,4-11,18,20-22H2,1-3H3. The van der Waals surface area contributed by atoms with Crippen molar-refractivity contribution in [1.82, 2.24) is 0 Å². The molecule has 0 N–H and O–H groups in total. The number of ether oxygens (including phenoxy) is 5. The van der Waals surface area contributed by atoms with E-state index in [0.29, 0.717) is 19.1 Å². The molecule has 37 heavy (non-hydrogen) atoms. The van der Waals surface area contributed by atoms with Crippen molar-refractivity contribution < 1.29 is 23.7 Å². The molecule has 2 aromatic carbocycles. The highest BCUT2D eigenvalue weighted by molar-refractivity contribution is 5.48. The minimum Gasteiger partial charge on any atom is -0.492 e. The fraction of sp³-hybridized carbons (Fsp3) is 0.586. The normalized spacial score (nSPS) is 18.4. The number of rotatable bonds is 17. The average molecular weight is 512 g/mol. The van der Waals surface area contributed by atoms with Gasteiger partial charge in [-0.25, -0.2) is 0 Å². The largest absolute Gasteiger partial charge is 0.492 e. The van der Waals surface area contributed by atoms with Gasteiger partial charge in [-0.2, -0.15) is 0 Å². The molecule has 0 spiro atoms. The number of azide groups is 1. The lowest BCUT2D eigenvalue weighted by molar-refractivity contribution is 0.0505. The van der Waals surface area contributed by atoms with E-state index in [0.717, 1.165) is 42.9 Å². The van der Waals surface area contributed by atoms with E-state index in [9.17, 15) is 0 Å². The Labute approximate surface area is 220 Å². The number of hydrogen-bond acceptors (Lipinski definition) is 6. The monoisotopic (exact) mass is 511 g/mol. The van der Waals surface area contributed by atoms with E-state index in [4.69, 9.17) is 29.2 Å². The predicted octanol–water partition coefficient (Wildman–Crippen LogP) is 7.52. The van der Waals surface area contributed by atoms with Gasteiger partial charge in [-0.3, -0.25) is 0 Å². The Morgan fingerprint density at radius 1 is 0.892 bits per heavy atom. The van der Waals surface area contributed by atoms with Crippen LogP contribution in [0, 0.1) is 0 Å². The Morgan fingerprint density at radius 3 is 2.19 bits per heavy atom. The summed E-state index contributed by atoms with van der Waals surface area (Å²) in [6.07, 6.45) is 9.21. The third kappa shape index (κ3) is 8.29. The van der Waals surface area contributed by atoms with Gasteiger partial charge in [-0.15, -0.1) is 0 Å². The Morgan fingerprint density at radius 2 is 1.51 bits per heavy atom. The molecule has 3 rings (SSSR count). The molecule has 0 saturated heterocycles. The molecule has 1 aliphatic heterocycles. The first-order valence-electron chi connectivity index (χ1n) is 13.2. The number of fused-ring (bicyclic) bond motifs is 1. The van der Waals surface area contributed by atoms with E-state index >= 15 is 0 Å². The zero-order chi connectivity index (χ0) is 26.3. The molecule has 202 valence electrons. The van der Waals surface area contributed by atoms with Gasteiger partial charge in [0, 0.05) is 43.1 Å². The highest BCUT2D eigenvalue weighted by Crippen LogP contribution is 2.50. The van der Waals surface area contributed by atoms with Crippen LogP contribution < -0.4 is 14.2 Å². The molecule has 2 atom stereocenters. The summed E-state index contributed by atoms with van der Waals surface area (Å²) in [5, 5.41) is 3.61. The van der Waals surface area contributed by atoms with Crippen LogP contribution in [0.25, 0.3) is 10.4 Å². The summed E-state index contributed by atoms with van der Waals surface area (Å²) in [6.45, 7) is 3.96. The lowest BCUT2D eigenvalue weighted by atomic mass is 9.66. The summed E-state index contributed by atoms with van der Waals surface area (Å²) in [4.78, 5) is 2.81. The van der Waals surface area contributed by atoms with Crippen molar-refractivity contribution in [2.45, 2.75) is 69.6 Å². The van der Waals surface area contributed by atoms with Gasteiger partial charge in [0.05, 0.1) is 6.61 Å². The SMILES string of the molecule is COCOc1ccc(C2(C)COc3cc(OCOC)ccc3C2CCCCCCCCCN=[N+]=[N-])cc1. The fourth-order valence-electron chi connectivity index (χ4n) is 5.09. The molecule has 0 bridgehead atoms. The third-order valence-corrected chi connectivity index (χ3v) is 7.17. The summed E-state index contributed by atoms with van der Waals surface area (Å²) < 4.78 is 27.7. The Hall–Kier alpha value is -2.93. The van der Waals surface area contributed by atoms with Crippen LogP contribution in [0.4, 0.5) is 0 Å². The molecule has 0 radical (unpaired) electrons. The maximum absolute atomic E-state index is 8.36. The molecule has 0 fully saturated rings. The zero-order valence-corrected chi connectivity index (χ0v) is 22.5. The van der Waals surface area contributed by atoms with Crippen LogP contribution in [0.5, 0.6) is 17.2 Å². The molecule has 0 aliphatic carbocycles. The van der Waals surface area contributed by atoms with Gasteiger partial charge in [-0.05, 0) is 47.7 Å². The van der Waals surface area contributed by atoms with Crippen molar-refractivity contribution in [3.63, 3.8) is 0 Å². The van der Waals surface area contributed by atoms with Crippen LogP contribution in [-0.2, 0) is 14.9 Å². The van der Waals surface area contributed by atoms with Crippen molar-refractivity contribution in [3.8, 4) is 17.2 Å². The first-order chi connectivity index (χ1) is 18.1. The van der Waals surface area contributed by atoms with Crippen molar-refractivity contribution >= 4 is 0 Å². The van der Waals surface area contributed by atoms with Crippen LogP contribution in [0.3, 0.4) is 0 Å². The van der Waals surface area contributed by atoms with Crippen LogP contribution in [-0.4, -0.2) is 41.0 Å². The Balaban J connectivity index is 1.68.